The van der Waals surface area contributed by atoms with E-state index in [9.17, 15) is 10.4 Å². The van der Waals surface area contributed by atoms with E-state index in [0.717, 1.165) is 11.1 Å². The summed E-state index contributed by atoms with van der Waals surface area (Å²) in [7, 11) is 0. The van der Waals surface area contributed by atoms with Crippen molar-refractivity contribution < 1.29 is 5.11 Å². The van der Waals surface area contributed by atoms with Crippen LogP contribution in [0.15, 0.2) is 48.5 Å². The molecule has 2 N–H and O–H groups in total. The van der Waals surface area contributed by atoms with Gasteiger partial charge in [0.1, 0.15) is 11.8 Å². The van der Waals surface area contributed by atoms with E-state index < -0.39 is 6.04 Å². The minimum Gasteiger partial charge on any atom is -0.508 e. The number of nitriles is 1. The maximum atomic E-state index is 9.84. The van der Waals surface area contributed by atoms with Crippen LogP contribution < -0.4 is 5.32 Å². The van der Waals surface area contributed by atoms with Crippen LogP contribution in [0.1, 0.15) is 22.7 Å². The molecule has 0 aliphatic carbocycles. The largest absolute Gasteiger partial charge is 0.508 e. The quantitative estimate of drug-likeness (QED) is 0.879. The molecule has 19 heavy (non-hydrogen) atoms. The van der Waals surface area contributed by atoms with Crippen LogP contribution in [0.4, 0.5) is 0 Å². The van der Waals surface area contributed by atoms with Gasteiger partial charge in [0, 0.05) is 12.1 Å². The molecular formula is C16H16N2O. The van der Waals surface area contributed by atoms with E-state index in [4.69, 9.17) is 0 Å². The second-order valence-corrected chi connectivity index (χ2v) is 4.49. The van der Waals surface area contributed by atoms with Crippen molar-refractivity contribution in [3.05, 3.63) is 65.2 Å². The summed E-state index contributed by atoms with van der Waals surface area (Å²) in [4.78, 5) is 0. The molecule has 96 valence electrons. The number of hydrogen-bond acceptors (Lipinski definition) is 3. The summed E-state index contributed by atoms with van der Waals surface area (Å²) in [5, 5.41) is 22.2. The Balaban J connectivity index is 2.13. The van der Waals surface area contributed by atoms with Crippen LogP contribution in [0, 0.1) is 18.3 Å². The molecule has 0 bridgehead atoms. The molecule has 0 aliphatic heterocycles. The predicted molar refractivity (Wildman–Crippen MR) is 74.5 cm³/mol. The van der Waals surface area contributed by atoms with E-state index >= 15 is 0 Å². The van der Waals surface area contributed by atoms with Crippen LogP contribution in [-0.4, -0.2) is 5.11 Å². The zero-order valence-electron chi connectivity index (χ0n) is 10.8. The summed E-state index contributed by atoms with van der Waals surface area (Å²) in [5.74, 6) is 0.151. The fourth-order valence-corrected chi connectivity index (χ4v) is 1.95. The van der Waals surface area contributed by atoms with Gasteiger partial charge in [0.15, 0.2) is 0 Å². The molecule has 0 heterocycles. The summed E-state index contributed by atoms with van der Waals surface area (Å²) in [5.41, 5.74) is 2.75. The van der Waals surface area contributed by atoms with E-state index in [1.54, 1.807) is 6.07 Å². The Bertz CT molecular complexity index is 587. The normalized spacial score (nSPS) is 11.8. The van der Waals surface area contributed by atoms with Gasteiger partial charge in [0.05, 0.1) is 6.07 Å². The minimum atomic E-state index is -0.514. The fraction of sp³-hybridized carbons (Fsp3) is 0.188. The molecule has 0 saturated heterocycles. The van der Waals surface area contributed by atoms with Gasteiger partial charge in [0.25, 0.3) is 0 Å². The van der Waals surface area contributed by atoms with Crippen molar-refractivity contribution in [3.8, 4) is 11.8 Å². The molecule has 1 atom stereocenters. The third kappa shape index (κ3) is 3.34. The van der Waals surface area contributed by atoms with E-state index in [1.165, 1.54) is 0 Å². The Labute approximate surface area is 113 Å². The highest BCUT2D eigenvalue weighted by Crippen LogP contribution is 2.25. The second-order valence-electron chi connectivity index (χ2n) is 4.49. The van der Waals surface area contributed by atoms with E-state index in [0.29, 0.717) is 12.1 Å². The van der Waals surface area contributed by atoms with E-state index in [2.05, 4.69) is 11.4 Å². The maximum Gasteiger partial charge on any atom is 0.125 e. The first-order chi connectivity index (χ1) is 9.20. The van der Waals surface area contributed by atoms with Crippen LogP contribution in [0.2, 0.25) is 0 Å². The lowest BCUT2D eigenvalue weighted by Crippen LogP contribution is -2.19. The van der Waals surface area contributed by atoms with Gasteiger partial charge < -0.3 is 5.11 Å². The second kappa shape index (κ2) is 6.03. The number of benzene rings is 2. The van der Waals surface area contributed by atoms with Crippen molar-refractivity contribution in [3.63, 3.8) is 0 Å². The SMILES string of the molecule is Cc1ccc(O)c(C(C#N)NCc2ccccc2)c1. The molecule has 1 unspecified atom stereocenters. The van der Waals surface area contributed by atoms with Gasteiger partial charge >= 0.3 is 0 Å². The number of phenolic OH excluding ortho intramolecular Hbond substituents is 1. The molecule has 3 heteroatoms. The van der Waals surface area contributed by atoms with Crippen molar-refractivity contribution in [1.82, 2.24) is 5.32 Å². The molecule has 2 aromatic carbocycles. The lowest BCUT2D eigenvalue weighted by molar-refractivity contribution is 0.459. The third-order valence-corrected chi connectivity index (χ3v) is 2.98. The van der Waals surface area contributed by atoms with Crippen LogP contribution in [0.5, 0.6) is 5.75 Å². The number of rotatable bonds is 4. The molecule has 0 amide bonds. The van der Waals surface area contributed by atoms with Crippen LogP contribution in [0.25, 0.3) is 0 Å². The standard InChI is InChI=1S/C16H16N2O/c1-12-7-8-16(19)14(9-12)15(10-17)18-11-13-5-3-2-4-6-13/h2-9,15,18-19H,11H2,1H3. The van der Waals surface area contributed by atoms with Crippen LogP contribution in [-0.2, 0) is 6.54 Å². The first-order valence-electron chi connectivity index (χ1n) is 6.17. The summed E-state index contributed by atoms with van der Waals surface area (Å²) >= 11 is 0. The number of nitrogens with one attached hydrogen (secondary N) is 1. The van der Waals surface area contributed by atoms with Crippen LogP contribution in [0.3, 0.4) is 0 Å². The Kier molecular flexibility index (Phi) is 4.17. The minimum absolute atomic E-state index is 0.151. The average Bonchev–Trinajstić information content (AvgIpc) is 2.44. The van der Waals surface area contributed by atoms with Gasteiger partial charge in [-0.25, -0.2) is 0 Å². The molecule has 0 aliphatic rings. The number of aromatic hydroxyl groups is 1. The van der Waals surface area contributed by atoms with Gasteiger partial charge in [-0.1, -0.05) is 42.0 Å². The summed E-state index contributed by atoms with van der Waals surface area (Å²) in [6.45, 7) is 2.53. The zero-order chi connectivity index (χ0) is 13.7. The fourth-order valence-electron chi connectivity index (χ4n) is 1.95. The third-order valence-electron chi connectivity index (χ3n) is 2.98. The first kappa shape index (κ1) is 13.1. The Morgan fingerprint density at radius 2 is 1.95 bits per heavy atom. The van der Waals surface area contributed by atoms with Gasteiger partial charge in [-0.3, -0.25) is 5.32 Å². The number of hydrogen-bond donors (Lipinski definition) is 2. The van der Waals surface area contributed by atoms with Crippen LogP contribution >= 0.6 is 0 Å². The van der Waals surface area contributed by atoms with Crippen molar-refractivity contribution in [2.24, 2.45) is 0 Å². The first-order valence-corrected chi connectivity index (χ1v) is 6.17. The average molecular weight is 252 g/mol. The smallest absolute Gasteiger partial charge is 0.125 e. The van der Waals surface area contributed by atoms with E-state index in [-0.39, 0.29) is 5.75 Å². The highest BCUT2D eigenvalue weighted by molar-refractivity contribution is 5.40. The summed E-state index contributed by atoms with van der Waals surface area (Å²) in [6, 6.07) is 16.8. The molecule has 0 radical (unpaired) electrons. The molecule has 2 aromatic rings. The monoisotopic (exact) mass is 252 g/mol. The Hall–Kier alpha value is -2.31. The molecule has 0 saturated carbocycles. The summed E-state index contributed by atoms with van der Waals surface area (Å²) < 4.78 is 0. The lowest BCUT2D eigenvalue weighted by atomic mass is 10.0. The van der Waals surface area contributed by atoms with Crippen molar-refractivity contribution in [2.75, 3.05) is 0 Å². The molecule has 0 spiro atoms. The highest BCUT2D eigenvalue weighted by atomic mass is 16.3. The van der Waals surface area contributed by atoms with Crippen molar-refractivity contribution in [2.45, 2.75) is 19.5 Å². The maximum absolute atomic E-state index is 9.84. The topological polar surface area (TPSA) is 56.0 Å². The van der Waals surface area contributed by atoms with Crippen molar-refractivity contribution >= 4 is 0 Å². The number of nitrogens with zero attached hydrogens (tertiary/aromatic N) is 1. The summed E-state index contributed by atoms with van der Waals surface area (Å²) in [6.07, 6.45) is 0. The molecule has 2 rings (SSSR count). The zero-order valence-corrected chi connectivity index (χ0v) is 10.8. The number of aryl methyl sites for hydroxylation is 1. The highest BCUT2D eigenvalue weighted by Gasteiger charge is 2.14. The van der Waals surface area contributed by atoms with E-state index in [1.807, 2.05) is 49.4 Å². The Morgan fingerprint density at radius 1 is 1.21 bits per heavy atom. The lowest BCUT2D eigenvalue weighted by Gasteiger charge is -2.14. The predicted octanol–water partition coefficient (Wildman–Crippen LogP) is 3.06. The Morgan fingerprint density at radius 3 is 2.63 bits per heavy atom. The molecular weight excluding hydrogens is 236 g/mol. The number of phenols is 1. The van der Waals surface area contributed by atoms with Crippen molar-refractivity contribution in [1.29, 1.82) is 5.26 Å². The van der Waals surface area contributed by atoms with Gasteiger partial charge in [-0.15, -0.1) is 0 Å². The van der Waals surface area contributed by atoms with Gasteiger partial charge in [0.2, 0.25) is 0 Å². The molecule has 0 fully saturated rings. The molecule has 0 aromatic heterocycles. The van der Waals surface area contributed by atoms with Gasteiger partial charge in [-0.05, 0) is 24.6 Å². The van der Waals surface area contributed by atoms with Gasteiger partial charge in [-0.2, -0.15) is 5.26 Å². The molecule has 3 nitrogen and oxygen atoms in total.